The molecule has 20 heavy (non-hydrogen) atoms. The Morgan fingerprint density at radius 1 is 1.15 bits per heavy atom. The van der Waals surface area contributed by atoms with Gasteiger partial charge in [0.15, 0.2) is 0 Å². The largest absolute Gasteiger partial charge is 0.364 e. The third-order valence-electron chi connectivity index (χ3n) is 5.09. The molecule has 2 saturated carbocycles. The van der Waals surface area contributed by atoms with Gasteiger partial charge in [-0.15, -0.1) is 12.4 Å². The zero-order valence-electron chi connectivity index (χ0n) is 12.1. The van der Waals surface area contributed by atoms with E-state index in [9.17, 15) is 4.79 Å². The topological polar surface area (TPSA) is 64.4 Å². The molecule has 0 aromatic rings. The molecule has 0 aromatic heterocycles. The quantitative estimate of drug-likeness (QED) is 0.835. The highest BCUT2D eigenvalue weighted by Crippen LogP contribution is 2.44. The van der Waals surface area contributed by atoms with Gasteiger partial charge in [0.1, 0.15) is 6.10 Å². The van der Waals surface area contributed by atoms with Gasteiger partial charge in [-0.3, -0.25) is 4.79 Å². The van der Waals surface area contributed by atoms with Crippen LogP contribution in [0.15, 0.2) is 0 Å². The maximum atomic E-state index is 12.1. The molecule has 3 rings (SSSR count). The Morgan fingerprint density at radius 2 is 1.90 bits per heavy atom. The SMILES string of the molecule is Cl.NC[C@H]1CC[C@@H](C(=O)NC2CC2C2CCCCC2)O1. The van der Waals surface area contributed by atoms with Crippen LogP contribution >= 0.6 is 12.4 Å². The molecule has 2 unspecified atom stereocenters. The van der Waals surface area contributed by atoms with Crippen LogP contribution in [0.2, 0.25) is 0 Å². The minimum atomic E-state index is -0.249. The van der Waals surface area contributed by atoms with E-state index in [0.717, 1.165) is 24.7 Å². The number of hydrogen-bond donors (Lipinski definition) is 2. The first-order valence-electron chi connectivity index (χ1n) is 7.94. The van der Waals surface area contributed by atoms with E-state index in [1.807, 2.05) is 0 Å². The molecule has 0 spiro atoms. The first kappa shape index (κ1) is 16.1. The Balaban J connectivity index is 0.00000147. The number of carbonyl (C=O) groups is 1. The second-order valence-corrected chi connectivity index (χ2v) is 6.47. The molecule has 0 radical (unpaired) electrons. The molecule has 1 heterocycles. The van der Waals surface area contributed by atoms with Crippen LogP contribution in [0.4, 0.5) is 0 Å². The van der Waals surface area contributed by atoms with Gasteiger partial charge in [0.2, 0.25) is 5.91 Å². The third kappa shape index (κ3) is 3.66. The van der Waals surface area contributed by atoms with Crippen molar-refractivity contribution in [1.29, 1.82) is 0 Å². The number of rotatable bonds is 4. The van der Waals surface area contributed by atoms with Gasteiger partial charge < -0.3 is 15.8 Å². The maximum Gasteiger partial charge on any atom is 0.249 e. The lowest BCUT2D eigenvalue weighted by molar-refractivity contribution is -0.132. The summed E-state index contributed by atoms with van der Waals surface area (Å²) in [6.07, 6.45) is 9.67. The van der Waals surface area contributed by atoms with Crippen LogP contribution < -0.4 is 11.1 Å². The Kier molecular flexibility index (Phi) is 5.70. The second-order valence-electron chi connectivity index (χ2n) is 6.47. The number of nitrogens with one attached hydrogen (secondary N) is 1. The van der Waals surface area contributed by atoms with Gasteiger partial charge in [-0.2, -0.15) is 0 Å². The molecule has 3 fully saturated rings. The van der Waals surface area contributed by atoms with Crippen LogP contribution in [0.3, 0.4) is 0 Å². The fourth-order valence-electron chi connectivity index (χ4n) is 3.81. The monoisotopic (exact) mass is 302 g/mol. The number of nitrogens with two attached hydrogens (primary N) is 1. The molecule has 116 valence electrons. The standard InChI is InChI=1S/C15H26N2O2.ClH/c16-9-11-6-7-14(19-11)15(18)17-13-8-12(13)10-4-2-1-3-5-10;/h10-14H,1-9,16H2,(H,17,18);1H/t11-,12?,13?,14+;/m1./s1. The minimum absolute atomic E-state index is 0. The molecule has 0 aromatic carbocycles. The van der Waals surface area contributed by atoms with Crippen molar-refractivity contribution in [3.63, 3.8) is 0 Å². The van der Waals surface area contributed by atoms with E-state index in [1.54, 1.807) is 0 Å². The molecule has 3 aliphatic rings. The Hall–Kier alpha value is -0.320. The molecule has 1 aliphatic heterocycles. The lowest BCUT2D eigenvalue weighted by Gasteiger charge is -2.22. The van der Waals surface area contributed by atoms with E-state index in [1.165, 1.54) is 38.5 Å². The Bertz CT molecular complexity index is 334. The molecule has 1 saturated heterocycles. The number of carbonyl (C=O) groups excluding carboxylic acids is 1. The van der Waals surface area contributed by atoms with Crippen molar-refractivity contribution in [3.8, 4) is 0 Å². The normalized spacial score (nSPS) is 37.2. The van der Waals surface area contributed by atoms with Crippen molar-refractivity contribution >= 4 is 18.3 Å². The summed E-state index contributed by atoms with van der Waals surface area (Å²) in [7, 11) is 0. The van der Waals surface area contributed by atoms with E-state index in [-0.39, 0.29) is 30.5 Å². The molecule has 0 bridgehead atoms. The molecule has 5 heteroatoms. The van der Waals surface area contributed by atoms with Crippen LogP contribution in [-0.4, -0.2) is 30.7 Å². The third-order valence-corrected chi connectivity index (χ3v) is 5.09. The van der Waals surface area contributed by atoms with E-state index in [2.05, 4.69) is 5.32 Å². The summed E-state index contributed by atoms with van der Waals surface area (Å²) in [5.74, 6) is 1.70. The van der Waals surface area contributed by atoms with E-state index in [4.69, 9.17) is 10.5 Å². The summed E-state index contributed by atoms with van der Waals surface area (Å²) in [6, 6.07) is 0.427. The van der Waals surface area contributed by atoms with E-state index >= 15 is 0 Å². The molecule has 2 aliphatic carbocycles. The van der Waals surface area contributed by atoms with E-state index < -0.39 is 0 Å². The lowest BCUT2D eigenvalue weighted by atomic mass is 9.85. The van der Waals surface area contributed by atoms with Crippen LogP contribution in [-0.2, 0) is 9.53 Å². The van der Waals surface area contributed by atoms with Crippen molar-refractivity contribution in [2.45, 2.75) is 69.6 Å². The average Bonchev–Trinajstić information content (AvgIpc) is 3.04. The summed E-state index contributed by atoms with van der Waals surface area (Å²) < 4.78 is 5.64. The summed E-state index contributed by atoms with van der Waals surface area (Å²) >= 11 is 0. The average molecular weight is 303 g/mol. The second kappa shape index (κ2) is 7.10. The highest BCUT2D eigenvalue weighted by Gasteiger charge is 2.45. The predicted octanol–water partition coefficient (Wildman–Crippen LogP) is 2.00. The molecule has 1 amide bonds. The number of hydrogen-bond acceptors (Lipinski definition) is 3. The summed E-state index contributed by atoms with van der Waals surface area (Å²) in [5, 5.41) is 3.18. The number of halogens is 1. The van der Waals surface area contributed by atoms with Crippen LogP contribution in [0, 0.1) is 11.8 Å². The zero-order chi connectivity index (χ0) is 13.2. The van der Waals surface area contributed by atoms with Gasteiger partial charge in [-0.05, 0) is 31.1 Å². The summed E-state index contributed by atoms with van der Waals surface area (Å²) in [5.41, 5.74) is 5.57. The van der Waals surface area contributed by atoms with Crippen molar-refractivity contribution in [2.75, 3.05) is 6.54 Å². The number of ether oxygens (including phenoxy) is 1. The summed E-state index contributed by atoms with van der Waals surface area (Å²) in [4.78, 5) is 12.1. The molecule has 4 atom stereocenters. The van der Waals surface area contributed by atoms with Gasteiger partial charge >= 0.3 is 0 Å². The van der Waals surface area contributed by atoms with Gasteiger partial charge in [0.05, 0.1) is 6.10 Å². The highest BCUT2D eigenvalue weighted by atomic mass is 35.5. The van der Waals surface area contributed by atoms with Gasteiger partial charge in [0.25, 0.3) is 0 Å². The number of amides is 1. The highest BCUT2D eigenvalue weighted by molar-refractivity contribution is 5.85. The predicted molar refractivity (Wildman–Crippen MR) is 80.8 cm³/mol. The van der Waals surface area contributed by atoms with Crippen molar-refractivity contribution in [3.05, 3.63) is 0 Å². The first-order chi connectivity index (χ1) is 9.28. The van der Waals surface area contributed by atoms with Crippen molar-refractivity contribution in [2.24, 2.45) is 17.6 Å². The van der Waals surface area contributed by atoms with Gasteiger partial charge in [-0.25, -0.2) is 0 Å². The first-order valence-corrected chi connectivity index (χ1v) is 7.94. The summed E-state index contributed by atoms with van der Waals surface area (Å²) in [6.45, 7) is 0.526. The smallest absolute Gasteiger partial charge is 0.249 e. The molecular formula is C15H27ClN2O2. The van der Waals surface area contributed by atoms with E-state index in [0.29, 0.717) is 12.6 Å². The van der Waals surface area contributed by atoms with Gasteiger partial charge in [-0.1, -0.05) is 32.1 Å². The van der Waals surface area contributed by atoms with Gasteiger partial charge in [0, 0.05) is 12.6 Å². The molecule has 4 nitrogen and oxygen atoms in total. The Morgan fingerprint density at radius 3 is 2.55 bits per heavy atom. The van der Waals surface area contributed by atoms with Crippen LogP contribution in [0.25, 0.3) is 0 Å². The Labute approximate surface area is 127 Å². The van der Waals surface area contributed by atoms with Crippen LogP contribution in [0.5, 0.6) is 0 Å². The molecule has 3 N–H and O–H groups in total. The fraction of sp³-hybridized carbons (Fsp3) is 0.933. The lowest BCUT2D eigenvalue weighted by Crippen LogP contribution is -2.37. The van der Waals surface area contributed by atoms with Crippen molar-refractivity contribution in [1.82, 2.24) is 5.32 Å². The zero-order valence-corrected chi connectivity index (χ0v) is 12.9. The van der Waals surface area contributed by atoms with Crippen LogP contribution in [0.1, 0.15) is 51.4 Å². The van der Waals surface area contributed by atoms with Crippen molar-refractivity contribution < 1.29 is 9.53 Å². The maximum absolute atomic E-state index is 12.1. The minimum Gasteiger partial charge on any atom is -0.364 e. The molecular weight excluding hydrogens is 276 g/mol. The fourth-order valence-corrected chi connectivity index (χ4v) is 3.81.